The van der Waals surface area contributed by atoms with Crippen LogP contribution in [0, 0.1) is 17.0 Å². The number of nitro benzene ring substituents is 1. The van der Waals surface area contributed by atoms with Gasteiger partial charge in [-0.25, -0.2) is 0 Å². The lowest BCUT2D eigenvalue weighted by Crippen LogP contribution is -2.18. The van der Waals surface area contributed by atoms with Gasteiger partial charge >= 0.3 is 0 Å². The summed E-state index contributed by atoms with van der Waals surface area (Å²) < 4.78 is 2.18. The van der Waals surface area contributed by atoms with Crippen LogP contribution in [0.5, 0.6) is 0 Å². The average Bonchev–Trinajstić information content (AvgIpc) is 2.86. The van der Waals surface area contributed by atoms with Crippen LogP contribution in [-0.4, -0.2) is 32.2 Å². The molecule has 0 amide bonds. The Morgan fingerprint density at radius 2 is 2.20 bits per heavy atom. The van der Waals surface area contributed by atoms with Crippen LogP contribution in [0.1, 0.15) is 24.4 Å². The highest BCUT2D eigenvalue weighted by molar-refractivity contribution is 9.10. The molecule has 1 heterocycles. The highest BCUT2D eigenvalue weighted by Crippen LogP contribution is 2.30. The smallest absolute Gasteiger partial charge is 0.274 e. The molecule has 0 aliphatic carbocycles. The van der Waals surface area contributed by atoms with Gasteiger partial charge < -0.3 is 5.32 Å². The summed E-state index contributed by atoms with van der Waals surface area (Å²) in [6, 6.07) is 3.06. The highest BCUT2D eigenvalue weighted by Gasteiger charge is 2.20. The summed E-state index contributed by atoms with van der Waals surface area (Å²) >= 11 is 3.40. The summed E-state index contributed by atoms with van der Waals surface area (Å²) in [5, 5.41) is 25.6. The molecule has 1 unspecified atom stereocenters. The van der Waals surface area contributed by atoms with Crippen molar-refractivity contribution in [2.45, 2.75) is 19.9 Å². The molecule has 0 aliphatic rings. The second kappa shape index (κ2) is 5.63. The van der Waals surface area contributed by atoms with Crippen LogP contribution < -0.4 is 5.32 Å². The molecule has 1 aromatic carbocycles. The van der Waals surface area contributed by atoms with Crippen molar-refractivity contribution in [2.24, 2.45) is 0 Å². The highest BCUT2D eigenvalue weighted by atomic mass is 79.9. The largest absolute Gasteiger partial charge is 0.311 e. The number of nitrogens with one attached hydrogen (secondary N) is 1. The second-order valence-corrected chi connectivity index (χ2v) is 5.16. The van der Waals surface area contributed by atoms with E-state index in [1.54, 1.807) is 20.0 Å². The lowest BCUT2D eigenvalue weighted by Gasteiger charge is -2.12. The molecule has 2 rings (SSSR count). The van der Waals surface area contributed by atoms with Gasteiger partial charge in [-0.05, 0) is 53.3 Å². The maximum Gasteiger partial charge on any atom is 0.274 e. The quantitative estimate of drug-likeness (QED) is 0.674. The molecule has 1 atom stereocenters. The topological polar surface area (TPSA) is 98.8 Å². The Morgan fingerprint density at radius 3 is 2.80 bits per heavy atom. The molecule has 0 aliphatic heterocycles. The summed E-state index contributed by atoms with van der Waals surface area (Å²) in [4.78, 5) is 10.6. The molecular weight excluding hydrogens is 328 g/mol. The minimum atomic E-state index is -0.420. The molecule has 0 saturated heterocycles. The van der Waals surface area contributed by atoms with E-state index in [2.05, 4.69) is 36.8 Å². The van der Waals surface area contributed by atoms with E-state index in [0.29, 0.717) is 21.5 Å². The zero-order chi connectivity index (χ0) is 14.9. The number of hydrogen-bond acceptors (Lipinski definition) is 6. The van der Waals surface area contributed by atoms with Crippen molar-refractivity contribution in [3.05, 3.63) is 38.1 Å². The summed E-state index contributed by atoms with van der Waals surface area (Å²) in [5.74, 6) is 0.575. The Morgan fingerprint density at radius 1 is 1.50 bits per heavy atom. The Labute approximate surface area is 123 Å². The first-order valence-electron chi connectivity index (χ1n) is 5.86. The fraction of sp³-hybridized carbons (Fsp3) is 0.364. The first-order valence-corrected chi connectivity index (χ1v) is 6.65. The maximum atomic E-state index is 11.0. The zero-order valence-electron chi connectivity index (χ0n) is 11.2. The number of aryl methyl sites for hydroxylation is 1. The molecule has 106 valence electrons. The predicted molar refractivity (Wildman–Crippen MR) is 75.7 cm³/mol. The van der Waals surface area contributed by atoms with Crippen molar-refractivity contribution >= 4 is 21.6 Å². The van der Waals surface area contributed by atoms with Gasteiger partial charge in [0.15, 0.2) is 5.82 Å². The number of nitrogens with zero attached hydrogens (tertiary/aromatic N) is 5. The lowest BCUT2D eigenvalue weighted by atomic mass is 10.2. The van der Waals surface area contributed by atoms with Crippen molar-refractivity contribution in [3.63, 3.8) is 0 Å². The second-order valence-electron chi connectivity index (χ2n) is 4.31. The van der Waals surface area contributed by atoms with Gasteiger partial charge in [-0.1, -0.05) is 0 Å². The molecule has 0 bridgehead atoms. The van der Waals surface area contributed by atoms with Gasteiger partial charge in [-0.3, -0.25) is 10.1 Å². The van der Waals surface area contributed by atoms with Crippen molar-refractivity contribution in [3.8, 4) is 5.69 Å². The van der Waals surface area contributed by atoms with Crippen LogP contribution in [0.15, 0.2) is 16.6 Å². The minimum absolute atomic E-state index is 0.0294. The predicted octanol–water partition coefficient (Wildman–Crippen LogP) is 1.92. The Hall–Kier alpha value is -1.87. The lowest BCUT2D eigenvalue weighted by molar-refractivity contribution is -0.385. The van der Waals surface area contributed by atoms with Gasteiger partial charge in [0.2, 0.25) is 0 Å². The van der Waals surface area contributed by atoms with E-state index in [0.717, 1.165) is 0 Å². The number of halogens is 1. The summed E-state index contributed by atoms with van der Waals surface area (Å²) in [7, 11) is 1.79. The number of rotatable bonds is 4. The molecule has 8 nitrogen and oxygen atoms in total. The van der Waals surface area contributed by atoms with Gasteiger partial charge in [0.1, 0.15) is 0 Å². The monoisotopic (exact) mass is 340 g/mol. The molecular formula is C11H13BrN6O2. The third-order valence-electron chi connectivity index (χ3n) is 3.00. The van der Waals surface area contributed by atoms with Gasteiger partial charge in [0.05, 0.1) is 16.7 Å². The van der Waals surface area contributed by atoms with Gasteiger partial charge in [0.25, 0.3) is 5.69 Å². The number of benzene rings is 1. The van der Waals surface area contributed by atoms with E-state index in [9.17, 15) is 10.1 Å². The van der Waals surface area contributed by atoms with E-state index >= 15 is 0 Å². The number of aromatic nitrogens is 4. The first-order chi connectivity index (χ1) is 9.45. The average molecular weight is 341 g/mol. The Kier molecular flexibility index (Phi) is 4.09. The molecule has 0 radical (unpaired) electrons. The van der Waals surface area contributed by atoms with E-state index in [1.165, 1.54) is 10.7 Å². The van der Waals surface area contributed by atoms with E-state index in [1.807, 2.05) is 6.92 Å². The van der Waals surface area contributed by atoms with Crippen LogP contribution in [0.4, 0.5) is 5.69 Å². The van der Waals surface area contributed by atoms with Crippen LogP contribution in [0.3, 0.4) is 0 Å². The first kappa shape index (κ1) is 14.5. The molecule has 20 heavy (non-hydrogen) atoms. The maximum absolute atomic E-state index is 11.0. The normalized spacial score (nSPS) is 12.4. The molecule has 2 aromatic rings. The molecule has 0 saturated carbocycles. The van der Waals surface area contributed by atoms with E-state index < -0.39 is 4.92 Å². The van der Waals surface area contributed by atoms with Gasteiger partial charge in [-0.2, -0.15) is 4.68 Å². The molecule has 0 spiro atoms. The van der Waals surface area contributed by atoms with Crippen LogP contribution in [0.2, 0.25) is 0 Å². The van der Waals surface area contributed by atoms with Gasteiger partial charge in [-0.15, -0.1) is 5.10 Å². The molecule has 9 heteroatoms. The van der Waals surface area contributed by atoms with Crippen LogP contribution in [-0.2, 0) is 0 Å². The van der Waals surface area contributed by atoms with E-state index in [-0.39, 0.29) is 11.7 Å². The third kappa shape index (κ3) is 2.54. The summed E-state index contributed by atoms with van der Waals surface area (Å²) in [6.45, 7) is 3.59. The van der Waals surface area contributed by atoms with Crippen LogP contribution >= 0.6 is 15.9 Å². The number of nitro groups is 1. The Balaban J connectivity index is 2.61. The van der Waals surface area contributed by atoms with Crippen molar-refractivity contribution in [2.75, 3.05) is 7.05 Å². The van der Waals surface area contributed by atoms with Crippen molar-refractivity contribution in [1.82, 2.24) is 25.5 Å². The number of tetrazole rings is 1. The SMILES string of the molecule is CNC(C)c1nnnn1-c1cc([N+](=O)[O-])c(C)cc1Br. The molecule has 1 N–H and O–H groups in total. The summed E-state index contributed by atoms with van der Waals surface area (Å²) in [5.41, 5.74) is 1.13. The van der Waals surface area contributed by atoms with Gasteiger partial charge in [0, 0.05) is 16.1 Å². The standard InChI is InChI=1S/C11H13BrN6O2/c1-6-4-8(12)10(5-9(6)18(19)20)17-11(7(2)13-3)14-15-16-17/h4-5,7,13H,1-3H3. The van der Waals surface area contributed by atoms with E-state index in [4.69, 9.17) is 0 Å². The molecule has 0 fully saturated rings. The Bertz CT molecular complexity index is 656. The van der Waals surface area contributed by atoms with Crippen molar-refractivity contribution in [1.29, 1.82) is 0 Å². The fourth-order valence-corrected chi connectivity index (χ4v) is 2.40. The molecule has 1 aromatic heterocycles. The summed E-state index contributed by atoms with van der Waals surface area (Å²) in [6.07, 6.45) is 0. The third-order valence-corrected chi connectivity index (χ3v) is 3.64. The fourth-order valence-electron chi connectivity index (χ4n) is 1.77. The number of hydrogen-bond donors (Lipinski definition) is 1. The van der Waals surface area contributed by atoms with Crippen molar-refractivity contribution < 1.29 is 4.92 Å². The minimum Gasteiger partial charge on any atom is -0.311 e. The van der Waals surface area contributed by atoms with Crippen LogP contribution in [0.25, 0.3) is 5.69 Å². The zero-order valence-corrected chi connectivity index (χ0v) is 12.7.